The van der Waals surface area contributed by atoms with E-state index in [2.05, 4.69) is 39.8 Å². The molecule has 2 N–H and O–H groups in total. The monoisotopic (exact) mass is 507 g/mol. The lowest BCUT2D eigenvalue weighted by molar-refractivity contribution is -0.156. The fourth-order valence-electron chi connectivity index (χ4n) is 5.69. The van der Waals surface area contributed by atoms with Gasteiger partial charge < -0.3 is 10.2 Å². The minimum atomic E-state index is -0.343. The summed E-state index contributed by atoms with van der Waals surface area (Å²) >= 11 is 6.43. The van der Waals surface area contributed by atoms with Gasteiger partial charge in [0, 0.05) is 30.5 Å². The number of fused-ring (bicyclic) bond motifs is 3. The number of rotatable bonds is 8. The van der Waals surface area contributed by atoms with Crippen LogP contribution in [0.1, 0.15) is 62.5 Å². The molecule has 0 aromatic heterocycles. The van der Waals surface area contributed by atoms with Crippen molar-refractivity contribution in [2.24, 2.45) is 11.0 Å². The Hall–Kier alpha value is -3.06. The average Bonchev–Trinajstić information content (AvgIpc) is 3.34. The molecule has 3 aliphatic rings. The van der Waals surface area contributed by atoms with Crippen molar-refractivity contribution in [1.29, 1.82) is 0 Å². The molecule has 36 heavy (non-hydrogen) atoms. The van der Waals surface area contributed by atoms with Gasteiger partial charge in [0.25, 0.3) is 0 Å². The Balaban J connectivity index is 1.24. The van der Waals surface area contributed by atoms with Crippen LogP contribution in [-0.2, 0) is 16.1 Å². The van der Waals surface area contributed by atoms with Crippen LogP contribution >= 0.6 is 11.6 Å². The SMILES string of the molecule is CC(CNC(=O)CCC1=NNC2N(Cc3ccccc3Cl)C(=O)C3CCCCC3N12)c1ccccc1. The van der Waals surface area contributed by atoms with Gasteiger partial charge in [0.15, 0.2) is 6.29 Å². The van der Waals surface area contributed by atoms with Crippen molar-refractivity contribution in [1.82, 2.24) is 20.5 Å². The Morgan fingerprint density at radius 1 is 1.14 bits per heavy atom. The van der Waals surface area contributed by atoms with Crippen LogP contribution in [0.5, 0.6) is 0 Å². The van der Waals surface area contributed by atoms with Gasteiger partial charge in [0.05, 0.1) is 12.5 Å². The molecule has 4 atom stereocenters. The Morgan fingerprint density at radius 2 is 1.89 bits per heavy atom. The minimum Gasteiger partial charge on any atom is -0.355 e. The molecule has 0 bridgehead atoms. The van der Waals surface area contributed by atoms with E-state index < -0.39 is 0 Å². The van der Waals surface area contributed by atoms with Crippen molar-refractivity contribution in [2.75, 3.05) is 6.54 Å². The predicted molar refractivity (Wildman–Crippen MR) is 141 cm³/mol. The molecule has 2 aromatic carbocycles. The van der Waals surface area contributed by atoms with Gasteiger partial charge >= 0.3 is 0 Å². The molecular weight excluding hydrogens is 474 g/mol. The summed E-state index contributed by atoms with van der Waals surface area (Å²) in [4.78, 5) is 30.4. The normalized spacial score (nSPS) is 23.9. The van der Waals surface area contributed by atoms with E-state index in [1.165, 1.54) is 5.56 Å². The number of benzene rings is 2. The molecule has 4 unspecified atom stereocenters. The van der Waals surface area contributed by atoms with Gasteiger partial charge in [-0.1, -0.05) is 79.9 Å². The molecule has 0 radical (unpaired) electrons. The van der Waals surface area contributed by atoms with E-state index in [9.17, 15) is 9.59 Å². The minimum absolute atomic E-state index is 0.0186. The highest BCUT2D eigenvalue weighted by atomic mass is 35.5. The summed E-state index contributed by atoms with van der Waals surface area (Å²) in [6.45, 7) is 3.15. The number of nitrogens with one attached hydrogen (secondary N) is 2. The summed E-state index contributed by atoms with van der Waals surface area (Å²) in [7, 11) is 0. The molecule has 2 aliphatic heterocycles. The van der Waals surface area contributed by atoms with Gasteiger partial charge in [0.1, 0.15) is 5.84 Å². The third-order valence-electron chi connectivity index (χ3n) is 7.70. The van der Waals surface area contributed by atoms with E-state index in [4.69, 9.17) is 11.6 Å². The number of nitrogens with zero attached hydrogens (tertiary/aromatic N) is 3. The Morgan fingerprint density at radius 3 is 2.69 bits per heavy atom. The van der Waals surface area contributed by atoms with E-state index in [0.717, 1.165) is 37.1 Å². The van der Waals surface area contributed by atoms with Gasteiger partial charge in [-0.25, -0.2) is 0 Å². The standard InChI is InChI=1S/C28H34ClN5O2/c1-19(20-9-3-2-4-10-20)17-30-26(35)16-15-25-31-32-28-33(18-21-11-5-7-13-23(21)29)27(36)22-12-6-8-14-24(22)34(25)28/h2-5,7,9-11,13,19,22,24,28,32H,6,8,12,14-18H2,1H3,(H,30,35). The molecule has 7 nitrogen and oxygen atoms in total. The summed E-state index contributed by atoms with van der Waals surface area (Å²) in [5.74, 6) is 1.24. The van der Waals surface area contributed by atoms with Crippen LogP contribution in [0, 0.1) is 5.92 Å². The number of carbonyl (C=O) groups excluding carboxylic acids is 2. The van der Waals surface area contributed by atoms with Crippen LogP contribution in [-0.4, -0.2) is 46.3 Å². The van der Waals surface area contributed by atoms with E-state index in [0.29, 0.717) is 31.0 Å². The number of carbonyl (C=O) groups is 2. The maximum absolute atomic E-state index is 13.6. The van der Waals surface area contributed by atoms with Gasteiger partial charge in [-0.05, 0) is 36.0 Å². The fourth-order valence-corrected chi connectivity index (χ4v) is 5.89. The molecule has 2 aromatic rings. The maximum atomic E-state index is 13.6. The van der Waals surface area contributed by atoms with Crippen molar-refractivity contribution < 1.29 is 9.59 Å². The molecule has 0 spiro atoms. The Bertz CT molecular complexity index is 1120. The predicted octanol–water partition coefficient (Wildman–Crippen LogP) is 4.44. The second-order valence-corrected chi connectivity index (χ2v) is 10.5. The van der Waals surface area contributed by atoms with Crippen molar-refractivity contribution in [3.05, 3.63) is 70.7 Å². The summed E-state index contributed by atoms with van der Waals surface area (Å²) in [5, 5.41) is 8.35. The summed E-state index contributed by atoms with van der Waals surface area (Å²) in [6.07, 6.45) is 4.57. The largest absolute Gasteiger partial charge is 0.355 e. The lowest BCUT2D eigenvalue weighted by atomic mass is 9.80. The zero-order valence-electron chi connectivity index (χ0n) is 20.7. The number of hydrogen-bond donors (Lipinski definition) is 2. The second-order valence-electron chi connectivity index (χ2n) is 10.1. The molecule has 190 valence electrons. The average molecular weight is 508 g/mol. The molecule has 1 saturated heterocycles. The third-order valence-corrected chi connectivity index (χ3v) is 8.07. The Kier molecular flexibility index (Phi) is 7.46. The van der Waals surface area contributed by atoms with E-state index in [1.54, 1.807) is 0 Å². The zero-order chi connectivity index (χ0) is 25.1. The molecule has 2 amide bonds. The third kappa shape index (κ3) is 5.07. The van der Waals surface area contributed by atoms with Crippen molar-refractivity contribution in [3.8, 4) is 0 Å². The zero-order valence-corrected chi connectivity index (χ0v) is 21.5. The summed E-state index contributed by atoms with van der Waals surface area (Å²) < 4.78 is 0. The lowest BCUT2D eigenvalue weighted by Gasteiger charge is -2.50. The van der Waals surface area contributed by atoms with Gasteiger partial charge in [-0.15, -0.1) is 0 Å². The van der Waals surface area contributed by atoms with Gasteiger partial charge in [0.2, 0.25) is 11.8 Å². The highest BCUT2D eigenvalue weighted by molar-refractivity contribution is 6.31. The molecule has 1 aliphatic carbocycles. The Labute approximate surface area is 217 Å². The van der Waals surface area contributed by atoms with Crippen LogP contribution in [0.15, 0.2) is 59.7 Å². The number of halogens is 1. The molecule has 8 heteroatoms. The smallest absolute Gasteiger partial charge is 0.231 e. The fraction of sp³-hybridized carbons (Fsp3) is 0.464. The van der Waals surface area contributed by atoms with Crippen LogP contribution in [0.3, 0.4) is 0 Å². The molecule has 2 heterocycles. The first-order chi connectivity index (χ1) is 17.5. The molecule has 2 fully saturated rings. The van der Waals surface area contributed by atoms with Crippen LogP contribution in [0.2, 0.25) is 5.02 Å². The van der Waals surface area contributed by atoms with Crippen molar-refractivity contribution in [2.45, 2.75) is 70.2 Å². The molecular formula is C28H34ClN5O2. The van der Waals surface area contributed by atoms with E-state index in [1.807, 2.05) is 47.4 Å². The number of amidine groups is 1. The van der Waals surface area contributed by atoms with E-state index >= 15 is 0 Å². The van der Waals surface area contributed by atoms with Crippen molar-refractivity contribution >= 4 is 29.3 Å². The second kappa shape index (κ2) is 10.9. The number of hydrazone groups is 1. The molecule has 1 saturated carbocycles. The highest BCUT2D eigenvalue weighted by Crippen LogP contribution is 2.38. The first-order valence-corrected chi connectivity index (χ1v) is 13.4. The van der Waals surface area contributed by atoms with Gasteiger partial charge in [-0.2, -0.15) is 5.10 Å². The first kappa shape index (κ1) is 24.6. The summed E-state index contributed by atoms with van der Waals surface area (Å²) in [5.41, 5.74) is 5.33. The highest BCUT2D eigenvalue weighted by Gasteiger charge is 2.50. The lowest BCUT2D eigenvalue weighted by Crippen LogP contribution is -2.67. The number of hydrogen-bond acceptors (Lipinski definition) is 5. The van der Waals surface area contributed by atoms with Crippen LogP contribution in [0.25, 0.3) is 0 Å². The number of amides is 2. The van der Waals surface area contributed by atoms with Gasteiger partial charge in [-0.3, -0.25) is 19.9 Å². The topological polar surface area (TPSA) is 77.0 Å². The van der Waals surface area contributed by atoms with Crippen molar-refractivity contribution in [3.63, 3.8) is 0 Å². The quantitative estimate of drug-likeness (QED) is 0.553. The van der Waals surface area contributed by atoms with Crippen LogP contribution < -0.4 is 10.7 Å². The first-order valence-electron chi connectivity index (χ1n) is 13.0. The maximum Gasteiger partial charge on any atom is 0.231 e. The molecule has 5 rings (SSSR count). The summed E-state index contributed by atoms with van der Waals surface area (Å²) in [6, 6.07) is 18.0. The van der Waals surface area contributed by atoms with E-state index in [-0.39, 0.29) is 36.0 Å². The van der Waals surface area contributed by atoms with Crippen LogP contribution in [0.4, 0.5) is 0 Å².